The molecule has 31 heavy (non-hydrogen) atoms. The van der Waals surface area contributed by atoms with Gasteiger partial charge in [-0.2, -0.15) is 0 Å². The fourth-order valence-corrected chi connectivity index (χ4v) is 3.84. The number of rotatable bonds is 6. The summed E-state index contributed by atoms with van der Waals surface area (Å²) in [5.41, 5.74) is 3.59. The third kappa shape index (κ3) is 4.10. The van der Waals surface area contributed by atoms with Crippen molar-refractivity contribution in [3.8, 4) is 5.75 Å². The van der Waals surface area contributed by atoms with E-state index in [0.29, 0.717) is 29.7 Å². The first-order chi connectivity index (χ1) is 15.1. The minimum Gasteiger partial charge on any atom is -0.497 e. The van der Waals surface area contributed by atoms with E-state index >= 15 is 0 Å². The van der Waals surface area contributed by atoms with Gasteiger partial charge in [0.05, 0.1) is 25.3 Å². The lowest BCUT2D eigenvalue weighted by Crippen LogP contribution is -2.44. The minimum absolute atomic E-state index is 0.0764. The molecule has 1 N–H and O–H groups in total. The maximum Gasteiger partial charge on any atom is 0.338 e. The van der Waals surface area contributed by atoms with Crippen LogP contribution in [0.5, 0.6) is 5.75 Å². The van der Waals surface area contributed by atoms with Crippen molar-refractivity contribution in [1.29, 1.82) is 0 Å². The Morgan fingerprint density at radius 2 is 1.68 bits per heavy atom. The van der Waals surface area contributed by atoms with Crippen LogP contribution in [0, 0.1) is 0 Å². The van der Waals surface area contributed by atoms with Crippen LogP contribution in [0.3, 0.4) is 0 Å². The van der Waals surface area contributed by atoms with Crippen molar-refractivity contribution < 1.29 is 19.1 Å². The predicted octanol–water partition coefficient (Wildman–Crippen LogP) is 4.29. The van der Waals surface area contributed by atoms with Gasteiger partial charge in [0.2, 0.25) is 0 Å². The lowest BCUT2D eigenvalue weighted by Gasteiger charge is -2.38. The van der Waals surface area contributed by atoms with E-state index in [2.05, 4.69) is 5.32 Å². The van der Waals surface area contributed by atoms with E-state index in [-0.39, 0.29) is 5.91 Å². The Kier molecular flexibility index (Phi) is 5.89. The molecule has 0 aromatic heterocycles. The number of nitrogens with zero attached hydrogens (tertiary/aromatic N) is 1. The smallest absolute Gasteiger partial charge is 0.338 e. The average Bonchev–Trinajstić information content (AvgIpc) is 2.83. The maximum absolute atomic E-state index is 13.4. The number of para-hydroxylation sites is 1. The third-order valence-corrected chi connectivity index (χ3v) is 5.48. The molecule has 1 atom stereocenters. The van der Waals surface area contributed by atoms with Crippen LogP contribution in [0.25, 0.3) is 0 Å². The van der Waals surface area contributed by atoms with Gasteiger partial charge >= 0.3 is 5.97 Å². The van der Waals surface area contributed by atoms with Gasteiger partial charge in [0.15, 0.2) is 0 Å². The first-order valence-electron chi connectivity index (χ1n) is 10.1. The molecule has 0 unspecified atom stereocenters. The molecule has 158 valence electrons. The second-order valence-corrected chi connectivity index (χ2v) is 7.27. The summed E-state index contributed by atoms with van der Waals surface area (Å²) in [7, 11) is 2.99. The summed E-state index contributed by atoms with van der Waals surface area (Å²) in [6.07, 6.45) is 0.173. The summed E-state index contributed by atoms with van der Waals surface area (Å²) in [5, 5.41) is 3.44. The van der Waals surface area contributed by atoms with Gasteiger partial charge in [-0.1, -0.05) is 42.5 Å². The quantitative estimate of drug-likeness (QED) is 0.607. The Bertz CT molecular complexity index is 1090. The Balaban J connectivity index is 1.69. The molecule has 6 heteroatoms. The van der Waals surface area contributed by atoms with Crippen LogP contribution >= 0.6 is 0 Å². The number of fused-ring (bicyclic) bond motifs is 1. The standard InChI is InChI=1S/C25H24N2O4/c1-30-18-13-11-17(12-14-18)15-16-27-23(19-7-3-4-8-20(19)25(29)31-2)26-22-10-6-5-9-21(22)24(27)28/h3-14,23,26H,15-16H2,1-2H3/t23-/m1/s1. The molecular weight excluding hydrogens is 392 g/mol. The second-order valence-electron chi connectivity index (χ2n) is 7.27. The number of hydrogen-bond acceptors (Lipinski definition) is 5. The van der Waals surface area contributed by atoms with Crippen molar-refractivity contribution in [2.24, 2.45) is 0 Å². The van der Waals surface area contributed by atoms with E-state index < -0.39 is 12.1 Å². The summed E-state index contributed by atoms with van der Waals surface area (Å²) >= 11 is 0. The van der Waals surface area contributed by atoms with E-state index in [0.717, 1.165) is 17.0 Å². The number of methoxy groups -OCH3 is 2. The topological polar surface area (TPSA) is 67.9 Å². The fraction of sp³-hybridized carbons (Fsp3) is 0.200. The van der Waals surface area contributed by atoms with E-state index in [1.807, 2.05) is 60.7 Å². The highest BCUT2D eigenvalue weighted by molar-refractivity contribution is 6.02. The van der Waals surface area contributed by atoms with Crippen molar-refractivity contribution in [3.63, 3.8) is 0 Å². The van der Waals surface area contributed by atoms with Gasteiger partial charge in [-0.15, -0.1) is 0 Å². The van der Waals surface area contributed by atoms with Gasteiger partial charge in [0.1, 0.15) is 11.9 Å². The highest BCUT2D eigenvalue weighted by Crippen LogP contribution is 2.34. The van der Waals surface area contributed by atoms with Crippen LogP contribution in [0.4, 0.5) is 5.69 Å². The number of benzene rings is 3. The highest BCUT2D eigenvalue weighted by atomic mass is 16.5. The SMILES string of the molecule is COC(=O)c1ccccc1[C@@H]1Nc2ccccc2C(=O)N1CCc1ccc(OC)cc1. The van der Waals surface area contributed by atoms with Crippen LogP contribution in [0.1, 0.15) is 38.0 Å². The first-order valence-corrected chi connectivity index (χ1v) is 10.1. The molecule has 0 fully saturated rings. The number of carbonyl (C=O) groups excluding carboxylic acids is 2. The zero-order chi connectivity index (χ0) is 21.8. The molecule has 3 aromatic rings. The van der Waals surface area contributed by atoms with Crippen molar-refractivity contribution in [2.45, 2.75) is 12.6 Å². The number of esters is 1. The average molecular weight is 416 g/mol. The van der Waals surface area contributed by atoms with Gasteiger partial charge in [-0.25, -0.2) is 4.79 Å². The molecule has 0 bridgehead atoms. The molecule has 0 radical (unpaired) electrons. The van der Waals surface area contributed by atoms with Crippen LogP contribution in [0.2, 0.25) is 0 Å². The van der Waals surface area contributed by atoms with E-state index in [1.54, 1.807) is 24.1 Å². The number of ether oxygens (including phenoxy) is 2. The Labute approximate surface area is 181 Å². The Morgan fingerprint density at radius 3 is 2.42 bits per heavy atom. The summed E-state index contributed by atoms with van der Waals surface area (Å²) in [4.78, 5) is 27.6. The van der Waals surface area contributed by atoms with Crippen molar-refractivity contribution in [3.05, 3.63) is 95.1 Å². The van der Waals surface area contributed by atoms with E-state index in [4.69, 9.17) is 9.47 Å². The van der Waals surface area contributed by atoms with Crippen LogP contribution in [0.15, 0.2) is 72.8 Å². The molecule has 0 aliphatic carbocycles. The van der Waals surface area contributed by atoms with Crippen molar-refractivity contribution >= 4 is 17.6 Å². The number of amides is 1. The number of nitrogens with one attached hydrogen (secondary N) is 1. The van der Waals surface area contributed by atoms with Crippen LogP contribution in [-0.2, 0) is 11.2 Å². The highest BCUT2D eigenvalue weighted by Gasteiger charge is 2.34. The summed E-state index contributed by atoms with van der Waals surface area (Å²) in [5.74, 6) is 0.282. The molecule has 6 nitrogen and oxygen atoms in total. The molecule has 1 heterocycles. The third-order valence-electron chi connectivity index (χ3n) is 5.48. The molecule has 1 aliphatic rings. The molecule has 0 saturated carbocycles. The van der Waals surface area contributed by atoms with Gasteiger partial charge in [-0.3, -0.25) is 4.79 Å². The minimum atomic E-state index is -0.490. The largest absolute Gasteiger partial charge is 0.497 e. The summed E-state index contributed by atoms with van der Waals surface area (Å²) in [6.45, 7) is 0.479. The van der Waals surface area contributed by atoms with Gasteiger partial charge in [-0.05, 0) is 42.3 Å². The molecule has 1 aliphatic heterocycles. The molecule has 3 aromatic carbocycles. The molecule has 1 amide bonds. The van der Waals surface area contributed by atoms with E-state index in [1.165, 1.54) is 7.11 Å². The zero-order valence-electron chi connectivity index (χ0n) is 17.5. The van der Waals surface area contributed by atoms with Crippen LogP contribution in [-0.4, -0.2) is 37.5 Å². The number of hydrogen-bond donors (Lipinski definition) is 1. The zero-order valence-corrected chi connectivity index (χ0v) is 17.5. The molecule has 0 spiro atoms. The lowest BCUT2D eigenvalue weighted by atomic mass is 9.99. The molecular formula is C25H24N2O4. The van der Waals surface area contributed by atoms with Crippen LogP contribution < -0.4 is 10.1 Å². The van der Waals surface area contributed by atoms with Crippen molar-refractivity contribution in [1.82, 2.24) is 4.90 Å². The van der Waals surface area contributed by atoms with Gasteiger partial charge < -0.3 is 19.7 Å². The Hall–Kier alpha value is -3.80. The monoisotopic (exact) mass is 416 g/mol. The van der Waals surface area contributed by atoms with Gasteiger partial charge in [0.25, 0.3) is 5.91 Å². The molecule has 4 rings (SSSR count). The predicted molar refractivity (Wildman–Crippen MR) is 118 cm³/mol. The summed E-state index contributed by atoms with van der Waals surface area (Å²) in [6, 6.07) is 22.4. The van der Waals surface area contributed by atoms with Crippen molar-refractivity contribution in [2.75, 3.05) is 26.1 Å². The Morgan fingerprint density at radius 1 is 0.968 bits per heavy atom. The lowest BCUT2D eigenvalue weighted by molar-refractivity contribution is 0.0586. The molecule has 0 saturated heterocycles. The summed E-state index contributed by atoms with van der Waals surface area (Å²) < 4.78 is 10.2. The maximum atomic E-state index is 13.4. The second kappa shape index (κ2) is 8.92. The first kappa shape index (κ1) is 20.5. The number of carbonyl (C=O) groups is 2. The van der Waals surface area contributed by atoms with Gasteiger partial charge in [0, 0.05) is 17.8 Å². The number of anilines is 1. The van der Waals surface area contributed by atoms with E-state index in [9.17, 15) is 9.59 Å². The fourth-order valence-electron chi connectivity index (χ4n) is 3.84. The normalized spacial score (nSPS) is 15.1.